The summed E-state index contributed by atoms with van der Waals surface area (Å²) in [6, 6.07) is 9.68. The Labute approximate surface area is 143 Å². The van der Waals surface area contributed by atoms with E-state index in [0.717, 1.165) is 0 Å². The molecule has 0 unspecified atom stereocenters. The number of carbonyl (C=O) groups excluding carboxylic acids is 2. The van der Waals surface area contributed by atoms with E-state index >= 15 is 0 Å². The molecule has 120 valence electrons. The van der Waals surface area contributed by atoms with E-state index in [1.54, 1.807) is 36.4 Å². The minimum atomic E-state index is -0.534. The highest BCUT2D eigenvalue weighted by molar-refractivity contribution is 6.43. The second kappa shape index (κ2) is 7.49. The molecule has 0 saturated heterocycles. The number of hydrogen-bond acceptors (Lipinski definition) is 4. The number of carbonyl (C=O) groups is 2. The molecule has 2 aromatic carbocycles. The molecule has 0 aromatic heterocycles. The Bertz CT molecular complexity index is 756. The first-order valence-corrected chi connectivity index (χ1v) is 7.50. The van der Waals surface area contributed by atoms with Crippen LogP contribution in [0.3, 0.4) is 0 Å². The Morgan fingerprint density at radius 1 is 1.09 bits per heavy atom. The van der Waals surface area contributed by atoms with Crippen molar-refractivity contribution < 1.29 is 19.1 Å². The van der Waals surface area contributed by atoms with Gasteiger partial charge in [0.1, 0.15) is 10.8 Å². The van der Waals surface area contributed by atoms with Crippen LogP contribution in [0, 0.1) is 0 Å². The van der Waals surface area contributed by atoms with Crippen LogP contribution in [0.2, 0.25) is 10.0 Å². The van der Waals surface area contributed by atoms with Crippen molar-refractivity contribution in [3.63, 3.8) is 0 Å². The maximum absolute atomic E-state index is 12.1. The molecule has 6 heteroatoms. The minimum absolute atomic E-state index is 0.0624. The Morgan fingerprint density at radius 2 is 1.83 bits per heavy atom. The molecule has 2 aromatic rings. The van der Waals surface area contributed by atoms with E-state index in [1.165, 1.54) is 14.0 Å². The SMILES string of the molecule is COc1ccc(C(C)=O)cc1CC(=O)Oc1cccc(Cl)c1Cl. The number of benzene rings is 2. The third-order valence-electron chi connectivity index (χ3n) is 3.16. The normalized spacial score (nSPS) is 10.3. The van der Waals surface area contributed by atoms with E-state index in [9.17, 15) is 9.59 Å². The van der Waals surface area contributed by atoms with E-state index in [-0.39, 0.29) is 23.0 Å². The number of ketones is 1. The second-order valence-electron chi connectivity index (χ2n) is 4.79. The van der Waals surface area contributed by atoms with Gasteiger partial charge in [-0.25, -0.2) is 0 Å². The molecule has 0 spiro atoms. The van der Waals surface area contributed by atoms with Gasteiger partial charge < -0.3 is 9.47 Å². The first-order chi connectivity index (χ1) is 10.9. The van der Waals surface area contributed by atoms with Gasteiger partial charge in [0.15, 0.2) is 11.5 Å². The van der Waals surface area contributed by atoms with Gasteiger partial charge >= 0.3 is 5.97 Å². The summed E-state index contributed by atoms with van der Waals surface area (Å²) in [4.78, 5) is 23.6. The average Bonchev–Trinajstić information content (AvgIpc) is 2.51. The van der Waals surface area contributed by atoms with Crippen LogP contribution in [-0.4, -0.2) is 18.9 Å². The Kier molecular flexibility index (Phi) is 5.64. The smallest absolute Gasteiger partial charge is 0.315 e. The predicted octanol–water partition coefficient (Wildman–Crippen LogP) is 4.35. The lowest BCUT2D eigenvalue weighted by atomic mass is 10.0. The second-order valence-corrected chi connectivity index (χ2v) is 5.57. The monoisotopic (exact) mass is 352 g/mol. The molecule has 0 fully saturated rings. The van der Waals surface area contributed by atoms with Gasteiger partial charge in [-0.3, -0.25) is 9.59 Å². The molecule has 0 atom stereocenters. The van der Waals surface area contributed by atoms with Crippen molar-refractivity contribution in [1.82, 2.24) is 0 Å². The molecule has 0 saturated carbocycles. The van der Waals surface area contributed by atoms with Crippen molar-refractivity contribution in [3.05, 3.63) is 57.6 Å². The number of halogens is 2. The molecule has 0 aliphatic carbocycles. The van der Waals surface area contributed by atoms with Gasteiger partial charge in [-0.1, -0.05) is 29.3 Å². The van der Waals surface area contributed by atoms with Gasteiger partial charge in [-0.2, -0.15) is 0 Å². The molecule has 2 rings (SSSR count). The van der Waals surface area contributed by atoms with Crippen molar-refractivity contribution in [2.75, 3.05) is 7.11 Å². The summed E-state index contributed by atoms with van der Waals surface area (Å²) in [5.41, 5.74) is 1.05. The topological polar surface area (TPSA) is 52.6 Å². The largest absolute Gasteiger partial charge is 0.496 e. The molecule has 0 heterocycles. The van der Waals surface area contributed by atoms with E-state index in [4.69, 9.17) is 32.7 Å². The van der Waals surface area contributed by atoms with Gasteiger partial charge in [-0.15, -0.1) is 0 Å². The highest BCUT2D eigenvalue weighted by Gasteiger charge is 2.15. The third-order valence-corrected chi connectivity index (χ3v) is 3.96. The number of hydrogen-bond donors (Lipinski definition) is 0. The molecule has 0 bridgehead atoms. The van der Waals surface area contributed by atoms with Gasteiger partial charge in [-0.05, 0) is 37.3 Å². The van der Waals surface area contributed by atoms with Gasteiger partial charge in [0.2, 0.25) is 0 Å². The van der Waals surface area contributed by atoms with Crippen molar-refractivity contribution in [1.29, 1.82) is 0 Å². The average molecular weight is 353 g/mol. The van der Waals surface area contributed by atoms with Crippen LogP contribution >= 0.6 is 23.2 Å². The van der Waals surface area contributed by atoms with Crippen LogP contribution in [0.25, 0.3) is 0 Å². The van der Waals surface area contributed by atoms with E-state index < -0.39 is 5.97 Å². The van der Waals surface area contributed by atoms with Crippen LogP contribution in [0.4, 0.5) is 0 Å². The maximum Gasteiger partial charge on any atom is 0.315 e. The van der Waals surface area contributed by atoms with Gasteiger partial charge in [0, 0.05) is 11.1 Å². The Hall–Kier alpha value is -2.04. The summed E-state index contributed by atoms with van der Waals surface area (Å²) in [7, 11) is 1.49. The van der Waals surface area contributed by atoms with Crippen LogP contribution in [0.5, 0.6) is 11.5 Å². The van der Waals surface area contributed by atoms with E-state index in [2.05, 4.69) is 0 Å². The number of esters is 1. The lowest BCUT2D eigenvalue weighted by Gasteiger charge is -2.11. The summed E-state index contributed by atoms with van der Waals surface area (Å²) in [5, 5.41) is 0.472. The zero-order valence-corrected chi connectivity index (χ0v) is 14.1. The molecular formula is C17H14Cl2O4. The highest BCUT2D eigenvalue weighted by atomic mass is 35.5. The number of Topliss-reactive ketones (excluding diaryl/α,β-unsaturated/α-hetero) is 1. The van der Waals surface area contributed by atoms with E-state index in [1.807, 2.05) is 0 Å². The summed E-state index contributed by atoms with van der Waals surface area (Å²) >= 11 is 11.9. The van der Waals surface area contributed by atoms with Gasteiger partial charge in [0.05, 0.1) is 18.6 Å². The molecule has 0 radical (unpaired) electrons. The van der Waals surface area contributed by atoms with Gasteiger partial charge in [0.25, 0.3) is 0 Å². The number of methoxy groups -OCH3 is 1. The molecule has 0 amide bonds. The standard InChI is InChI=1S/C17H14Cl2O4/c1-10(20)11-6-7-14(22-2)12(8-11)9-16(21)23-15-5-3-4-13(18)17(15)19/h3-8H,9H2,1-2H3. The summed E-state index contributed by atoms with van der Waals surface area (Å²) < 4.78 is 10.4. The molecule has 0 N–H and O–H groups in total. The number of rotatable bonds is 5. The fourth-order valence-electron chi connectivity index (χ4n) is 2.01. The minimum Gasteiger partial charge on any atom is -0.496 e. The van der Waals surface area contributed by atoms with Crippen LogP contribution in [-0.2, 0) is 11.2 Å². The molecular weight excluding hydrogens is 339 g/mol. The quantitative estimate of drug-likeness (QED) is 0.456. The maximum atomic E-state index is 12.1. The predicted molar refractivity (Wildman–Crippen MR) is 88.8 cm³/mol. The summed E-state index contributed by atoms with van der Waals surface area (Å²) in [6.45, 7) is 1.45. The molecule has 0 aliphatic heterocycles. The number of ether oxygens (including phenoxy) is 2. The fraction of sp³-hybridized carbons (Fsp3) is 0.176. The van der Waals surface area contributed by atoms with Crippen LogP contribution < -0.4 is 9.47 Å². The summed E-state index contributed by atoms with van der Waals surface area (Å²) in [5.74, 6) is 0.0586. The molecule has 0 aliphatic rings. The fourth-order valence-corrected chi connectivity index (χ4v) is 2.34. The lowest BCUT2D eigenvalue weighted by Crippen LogP contribution is -2.13. The zero-order valence-electron chi connectivity index (χ0n) is 12.6. The lowest BCUT2D eigenvalue weighted by molar-refractivity contribution is -0.133. The molecule has 23 heavy (non-hydrogen) atoms. The molecule has 4 nitrogen and oxygen atoms in total. The van der Waals surface area contributed by atoms with Crippen molar-refractivity contribution in [2.45, 2.75) is 13.3 Å². The van der Waals surface area contributed by atoms with E-state index in [0.29, 0.717) is 21.9 Å². The van der Waals surface area contributed by atoms with Crippen molar-refractivity contribution in [2.24, 2.45) is 0 Å². The van der Waals surface area contributed by atoms with Crippen LogP contribution in [0.1, 0.15) is 22.8 Å². The Morgan fingerprint density at radius 3 is 2.48 bits per heavy atom. The van der Waals surface area contributed by atoms with Crippen LogP contribution in [0.15, 0.2) is 36.4 Å². The third kappa shape index (κ3) is 4.24. The van der Waals surface area contributed by atoms with Crippen molar-refractivity contribution in [3.8, 4) is 11.5 Å². The first-order valence-electron chi connectivity index (χ1n) is 6.75. The first kappa shape index (κ1) is 17.3. The summed E-state index contributed by atoms with van der Waals surface area (Å²) in [6.07, 6.45) is -0.0624. The Balaban J connectivity index is 2.21. The highest BCUT2D eigenvalue weighted by Crippen LogP contribution is 2.32. The van der Waals surface area contributed by atoms with Crippen molar-refractivity contribution >= 4 is 35.0 Å². The zero-order chi connectivity index (χ0) is 17.0.